The minimum absolute atomic E-state index is 0.0791. The summed E-state index contributed by atoms with van der Waals surface area (Å²) in [4.78, 5) is 14.2. The van der Waals surface area contributed by atoms with Crippen molar-refractivity contribution in [2.24, 2.45) is 5.73 Å². The third-order valence-electron chi connectivity index (χ3n) is 4.57. The first kappa shape index (κ1) is 17.1. The normalized spacial score (nSPS) is 26.6. The molecule has 0 radical (unpaired) electrons. The molecule has 0 aromatic heterocycles. The Balaban J connectivity index is 2.08. The maximum Gasteiger partial charge on any atom is 0.225 e. The van der Waals surface area contributed by atoms with Gasteiger partial charge in [0.1, 0.15) is 5.37 Å². The number of sulfone groups is 1. The molecule has 122 valence electrons. The minimum atomic E-state index is -3.23. The summed E-state index contributed by atoms with van der Waals surface area (Å²) >= 11 is 1.61. The predicted octanol–water partition coefficient (Wildman–Crippen LogP) is 1.37. The van der Waals surface area contributed by atoms with Crippen LogP contribution in [0.2, 0.25) is 0 Å². The number of nitrogens with two attached hydrogens (primary N) is 1. The minimum Gasteiger partial charge on any atom is -0.325 e. The molecule has 2 N–H and O–H groups in total. The van der Waals surface area contributed by atoms with Gasteiger partial charge in [0.2, 0.25) is 5.91 Å². The number of nitrogens with zero attached hydrogens (tertiary/aromatic N) is 1. The van der Waals surface area contributed by atoms with E-state index in [0.717, 1.165) is 31.4 Å². The van der Waals surface area contributed by atoms with E-state index in [1.807, 2.05) is 0 Å². The van der Waals surface area contributed by atoms with Crippen LogP contribution in [0.4, 0.5) is 0 Å². The first-order valence-corrected chi connectivity index (χ1v) is 10.6. The molecule has 7 heteroatoms. The summed E-state index contributed by atoms with van der Waals surface area (Å²) in [5.41, 5.74) is 5.92. The van der Waals surface area contributed by atoms with E-state index >= 15 is 0 Å². The number of carbonyl (C=O) groups excluding carboxylic acids is 1. The summed E-state index contributed by atoms with van der Waals surface area (Å²) in [7, 11) is -3.23. The lowest BCUT2D eigenvalue weighted by Gasteiger charge is -2.39. The van der Waals surface area contributed by atoms with Crippen LogP contribution >= 0.6 is 11.8 Å². The molecular weight excluding hydrogens is 308 g/mol. The number of hydrogen-bond acceptors (Lipinski definition) is 5. The molecule has 1 unspecified atom stereocenters. The van der Waals surface area contributed by atoms with Crippen LogP contribution in [-0.4, -0.2) is 53.9 Å². The van der Waals surface area contributed by atoms with Crippen molar-refractivity contribution in [2.45, 2.75) is 56.4 Å². The average Bonchev–Trinajstić information content (AvgIpc) is 2.47. The van der Waals surface area contributed by atoms with Gasteiger partial charge in [0.05, 0.1) is 0 Å². The smallest absolute Gasteiger partial charge is 0.225 e. The van der Waals surface area contributed by atoms with Crippen molar-refractivity contribution in [1.29, 1.82) is 0 Å². The van der Waals surface area contributed by atoms with Gasteiger partial charge in [-0.15, -0.1) is 0 Å². The van der Waals surface area contributed by atoms with E-state index < -0.39 is 20.8 Å². The SMILES string of the molecule is CCS(=O)(=O)C1CSCCN1C(=O)CC1(N)CCCCC1. The fourth-order valence-electron chi connectivity index (χ4n) is 3.19. The van der Waals surface area contributed by atoms with Crippen molar-refractivity contribution in [3.8, 4) is 0 Å². The Hall–Kier alpha value is -0.270. The average molecular weight is 335 g/mol. The van der Waals surface area contributed by atoms with Gasteiger partial charge in [0.25, 0.3) is 0 Å². The predicted molar refractivity (Wildman–Crippen MR) is 86.9 cm³/mol. The molecule has 0 aromatic carbocycles. The Bertz CT molecular complexity index is 473. The maximum absolute atomic E-state index is 12.6. The summed E-state index contributed by atoms with van der Waals surface area (Å²) < 4.78 is 24.4. The Labute approximate surface area is 131 Å². The summed E-state index contributed by atoms with van der Waals surface area (Å²) in [5, 5.41) is -0.666. The van der Waals surface area contributed by atoms with E-state index in [1.54, 1.807) is 23.6 Å². The first-order chi connectivity index (χ1) is 9.88. The molecule has 2 fully saturated rings. The molecule has 1 aliphatic heterocycles. The highest BCUT2D eigenvalue weighted by atomic mass is 32.2. The van der Waals surface area contributed by atoms with Crippen molar-refractivity contribution in [3.05, 3.63) is 0 Å². The van der Waals surface area contributed by atoms with E-state index in [4.69, 9.17) is 5.73 Å². The highest BCUT2D eigenvalue weighted by Gasteiger charge is 2.39. The fraction of sp³-hybridized carbons (Fsp3) is 0.929. The summed E-state index contributed by atoms with van der Waals surface area (Å²) in [6.07, 6.45) is 5.33. The Morgan fingerprint density at radius 1 is 1.33 bits per heavy atom. The second kappa shape index (κ2) is 6.87. The van der Waals surface area contributed by atoms with Crippen molar-refractivity contribution >= 4 is 27.5 Å². The monoisotopic (exact) mass is 334 g/mol. The molecule has 0 bridgehead atoms. The number of hydrogen-bond donors (Lipinski definition) is 1. The third kappa shape index (κ3) is 4.13. The van der Waals surface area contributed by atoms with Crippen molar-refractivity contribution in [1.82, 2.24) is 4.90 Å². The van der Waals surface area contributed by atoms with Crippen molar-refractivity contribution < 1.29 is 13.2 Å². The summed E-state index contributed by atoms with van der Waals surface area (Å²) in [5.74, 6) is 1.29. The number of rotatable bonds is 4. The van der Waals surface area contributed by atoms with Gasteiger partial charge in [-0.25, -0.2) is 8.42 Å². The van der Waals surface area contributed by atoms with Gasteiger partial charge >= 0.3 is 0 Å². The molecule has 2 aliphatic rings. The van der Waals surface area contributed by atoms with Crippen LogP contribution in [0.25, 0.3) is 0 Å². The highest BCUT2D eigenvalue weighted by molar-refractivity contribution is 8.01. The van der Waals surface area contributed by atoms with Crippen molar-refractivity contribution in [3.63, 3.8) is 0 Å². The van der Waals surface area contributed by atoms with Gasteiger partial charge in [-0.1, -0.05) is 26.2 Å². The Morgan fingerprint density at radius 2 is 2.00 bits per heavy atom. The molecule has 0 aromatic rings. The molecule has 5 nitrogen and oxygen atoms in total. The largest absolute Gasteiger partial charge is 0.325 e. The van der Waals surface area contributed by atoms with Crippen LogP contribution < -0.4 is 5.73 Å². The third-order valence-corrected chi connectivity index (χ3v) is 7.86. The van der Waals surface area contributed by atoms with Crippen LogP contribution in [-0.2, 0) is 14.6 Å². The van der Waals surface area contributed by atoms with E-state index in [1.165, 1.54) is 6.42 Å². The zero-order chi connectivity index (χ0) is 15.5. The van der Waals surface area contributed by atoms with Gasteiger partial charge in [0, 0.05) is 35.8 Å². The lowest BCUT2D eigenvalue weighted by atomic mass is 9.80. The molecular formula is C14H26N2O3S2. The lowest BCUT2D eigenvalue weighted by molar-refractivity contribution is -0.133. The molecule has 1 saturated carbocycles. The standard InChI is InChI=1S/C14H26N2O3S2/c1-2-21(18,19)13-11-20-9-8-16(13)12(17)10-14(15)6-4-3-5-7-14/h13H,2-11,15H2,1H3. The maximum atomic E-state index is 12.6. The molecule has 0 spiro atoms. The molecule has 1 atom stereocenters. The Kier molecular flexibility index (Phi) is 5.59. The van der Waals surface area contributed by atoms with Crippen LogP contribution in [0, 0.1) is 0 Å². The zero-order valence-electron chi connectivity index (χ0n) is 12.7. The van der Waals surface area contributed by atoms with Crippen LogP contribution in [0.3, 0.4) is 0 Å². The van der Waals surface area contributed by atoms with Gasteiger partial charge in [-0.2, -0.15) is 11.8 Å². The Morgan fingerprint density at radius 3 is 2.62 bits per heavy atom. The second-order valence-electron chi connectivity index (χ2n) is 6.17. The van der Waals surface area contributed by atoms with E-state index in [0.29, 0.717) is 12.3 Å². The van der Waals surface area contributed by atoms with Gasteiger partial charge < -0.3 is 10.6 Å². The topological polar surface area (TPSA) is 80.5 Å². The zero-order valence-corrected chi connectivity index (χ0v) is 14.3. The van der Waals surface area contributed by atoms with Crippen LogP contribution in [0.5, 0.6) is 0 Å². The van der Waals surface area contributed by atoms with Gasteiger partial charge in [0.15, 0.2) is 9.84 Å². The molecule has 1 aliphatic carbocycles. The van der Waals surface area contributed by atoms with Crippen LogP contribution in [0.15, 0.2) is 0 Å². The lowest BCUT2D eigenvalue weighted by Crippen LogP contribution is -2.54. The molecule has 1 amide bonds. The van der Waals surface area contributed by atoms with E-state index in [9.17, 15) is 13.2 Å². The fourth-order valence-corrected chi connectivity index (χ4v) is 6.18. The number of thioether (sulfide) groups is 1. The van der Waals surface area contributed by atoms with Gasteiger partial charge in [-0.3, -0.25) is 4.79 Å². The molecule has 1 heterocycles. The van der Waals surface area contributed by atoms with Gasteiger partial charge in [-0.05, 0) is 12.8 Å². The van der Waals surface area contributed by atoms with E-state index in [-0.39, 0.29) is 18.1 Å². The number of amides is 1. The number of carbonyl (C=O) groups is 1. The molecule has 1 saturated heterocycles. The summed E-state index contributed by atoms with van der Waals surface area (Å²) in [6.45, 7) is 2.16. The quantitative estimate of drug-likeness (QED) is 0.840. The first-order valence-electron chi connectivity index (χ1n) is 7.76. The summed E-state index contributed by atoms with van der Waals surface area (Å²) in [6, 6.07) is 0. The molecule has 21 heavy (non-hydrogen) atoms. The highest BCUT2D eigenvalue weighted by Crippen LogP contribution is 2.31. The second-order valence-corrected chi connectivity index (χ2v) is 9.77. The van der Waals surface area contributed by atoms with Crippen LogP contribution in [0.1, 0.15) is 45.4 Å². The molecule has 2 rings (SSSR count). The van der Waals surface area contributed by atoms with E-state index in [2.05, 4.69) is 0 Å². The van der Waals surface area contributed by atoms with Crippen molar-refractivity contribution in [2.75, 3.05) is 23.8 Å².